The summed E-state index contributed by atoms with van der Waals surface area (Å²) in [6.07, 6.45) is -0.393. The molecule has 0 bridgehead atoms. The van der Waals surface area contributed by atoms with Gasteiger partial charge in [0.2, 0.25) is 0 Å². The highest BCUT2D eigenvalue weighted by Crippen LogP contribution is 2.29. The van der Waals surface area contributed by atoms with E-state index in [1.165, 1.54) is 4.88 Å². The monoisotopic (exact) mass is 386 g/mol. The third-order valence-electron chi connectivity index (χ3n) is 4.58. The molecule has 27 heavy (non-hydrogen) atoms. The molecule has 2 amide bonds. The van der Waals surface area contributed by atoms with E-state index in [1.54, 1.807) is 40.5 Å². The molecule has 0 fully saturated rings. The predicted molar refractivity (Wildman–Crippen MR) is 98.5 cm³/mol. The van der Waals surface area contributed by atoms with Crippen molar-refractivity contribution in [3.8, 4) is 5.75 Å². The zero-order valence-corrected chi connectivity index (χ0v) is 15.3. The van der Waals surface area contributed by atoms with E-state index >= 15 is 0 Å². The number of ether oxygens (including phenoxy) is 2. The predicted octanol–water partition coefficient (Wildman–Crippen LogP) is 1.97. The van der Waals surface area contributed by atoms with Gasteiger partial charge >= 0.3 is 5.97 Å². The number of rotatable bonds is 4. The average Bonchev–Trinajstić information content (AvgIpc) is 3.14. The van der Waals surface area contributed by atoms with Crippen LogP contribution in [0.4, 0.5) is 5.69 Å². The summed E-state index contributed by atoms with van der Waals surface area (Å²) in [5.41, 5.74) is 1.72. The van der Waals surface area contributed by atoms with Crippen molar-refractivity contribution in [2.24, 2.45) is 0 Å². The maximum atomic E-state index is 12.3. The molecule has 2 aliphatic heterocycles. The molecule has 1 N–H and O–H groups in total. The minimum atomic E-state index is -0.967. The number of benzene rings is 1. The second-order valence-electron chi connectivity index (χ2n) is 6.39. The van der Waals surface area contributed by atoms with E-state index in [9.17, 15) is 14.4 Å². The van der Waals surface area contributed by atoms with Crippen LogP contribution in [0, 0.1) is 0 Å². The Bertz CT molecular complexity index is 894. The van der Waals surface area contributed by atoms with Crippen molar-refractivity contribution in [3.63, 3.8) is 0 Å². The van der Waals surface area contributed by atoms with Crippen molar-refractivity contribution in [1.29, 1.82) is 0 Å². The number of carbonyl (C=O) groups is 3. The Kier molecular flexibility index (Phi) is 4.81. The lowest BCUT2D eigenvalue weighted by Gasteiger charge is -2.27. The van der Waals surface area contributed by atoms with E-state index in [2.05, 4.69) is 5.32 Å². The van der Waals surface area contributed by atoms with Gasteiger partial charge in [-0.2, -0.15) is 0 Å². The van der Waals surface area contributed by atoms with Gasteiger partial charge in [-0.15, -0.1) is 11.3 Å². The first kappa shape index (κ1) is 17.5. The minimum absolute atomic E-state index is 0.237. The maximum Gasteiger partial charge on any atom is 0.310 e. The molecule has 2 aromatic rings. The van der Waals surface area contributed by atoms with Crippen LogP contribution in [-0.4, -0.2) is 41.9 Å². The standard InChI is InChI=1S/C19H18N2O5S/c22-17(21-7-5-16-12(10-21)6-8-27-16)11-25-18(23)9-15-19(24)20-13-3-1-2-4-14(13)26-15/h1-4,6,8,15H,5,7,9-11H2,(H,20,24). The van der Waals surface area contributed by atoms with Crippen LogP contribution >= 0.6 is 11.3 Å². The summed E-state index contributed by atoms with van der Waals surface area (Å²) < 4.78 is 10.6. The highest BCUT2D eigenvalue weighted by atomic mass is 32.1. The number of anilines is 1. The second-order valence-corrected chi connectivity index (χ2v) is 7.39. The number of nitrogens with one attached hydrogen (secondary N) is 1. The topological polar surface area (TPSA) is 84.9 Å². The Morgan fingerprint density at radius 2 is 2.15 bits per heavy atom. The number of carbonyl (C=O) groups excluding carboxylic acids is 3. The lowest BCUT2D eigenvalue weighted by atomic mass is 10.1. The average molecular weight is 386 g/mol. The van der Waals surface area contributed by atoms with Crippen LogP contribution in [0.25, 0.3) is 0 Å². The quantitative estimate of drug-likeness (QED) is 0.812. The fourth-order valence-electron chi connectivity index (χ4n) is 3.13. The summed E-state index contributed by atoms with van der Waals surface area (Å²) in [7, 11) is 0. The Balaban J connectivity index is 1.28. The van der Waals surface area contributed by atoms with Gasteiger partial charge in [0.05, 0.1) is 12.1 Å². The van der Waals surface area contributed by atoms with Gasteiger partial charge in [-0.1, -0.05) is 12.1 Å². The SMILES string of the molecule is O=C(CC1Oc2ccccc2NC1=O)OCC(=O)N1CCc2sccc2C1. The van der Waals surface area contributed by atoms with Crippen molar-refractivity contribution >= 4 is 34.8 Å². The molecule has 0 spiro atoms. The van der Waals surface area contributed by atoms with Crippen LogP contribution in [0.1, 0.15) is 16.9 Å². The summed E-state index contributed by atoms with van der Waals surface area (Å²) in [6.45, 7) is 0.832. The molecule has 2 aliphatic rings. The van der Waals surface area contributed by atoms with Crippen LogP contribution in [0.2, 0.25) is 0 Å². The van der Waals surface area contributed by atoms with E-state index in [0.717, 1.165) is 12.0 Å². The molecule has 0 saturated heterocycles. The van der Waals surface area contributed by atoms with E-state index < -0.39 is 18.0 Å². The summed E-state index contributed by atoms with van der Waals surface area (Å²) in [6, 6.07) is 9.01. The van der Waals surface area contributed by atoms with Gasteiger partial charge in [0.15, 0.2) is 12.7 Å². The van der Waals surface area contributed by atoms with E-state index in [0.29, 0.717) is 24.5 Å². The molecule has 0 aliphatic carbocycles. The van der Waals surface area contributed by atoms with Gasteiger partial charge in [0.1, 0.15) is 5.75 Å². The first-order valence-corrected chi connectivity index (χ1v) is 9.53. The Morgan fingerprint density at radius 3 is 3.04 bits per heavy atom. The Morgan fingerprint density at radius 1 is 1.30 bits per heavy atom. The molecular weight excluding hydrogens is 368 g/mol. The van der Waals surface area contributed by atoms with Gasteiger partial charge < -0.3 is 19.7 Å². The summed E-state index contributed by atoms with van der Waals surface area (Å²) in [5, 5.41) is 4.71. The van der Waals surface area contributed by atoms with Crippen LogP contribution in [0.15, 0.2) is 35.7 Å². The smallest absolute Gasteiger partial charge is 0.310 e. The van der Waals surface area contributed by atoms with Gasteiger partial charge in [0, 0.05) is 18.0 Å². The van der Waals surface area contributed by atoms with Crippen molar-refractivity contribution in [1.82, 2.24) is 4.90 Å². The fraction of sp³-hybridized carbons (Fsp3) is 0.316. The molecule has 0 saturated carbocycles. The van der Waals surface area contributed by atoms with Crippen LogP contribution < -0.4 is 10.1 Å². The van der Waals surface area contributed by atoms with E-state index in [1.807, 2.05) is 11.4 Å². The molecule has 4 rings (SSSR count). The number of hydrogen-bond donors (Lipinski definition) is 1. The lowest BCUT2D eigenvalue weighted by molar-refractivity contribution is -0.154. The lowest BCUT2D eigenvalue weighted by Crippen LogP contribution is -2.40. The number of esters is 1. The van der Waals surface area contributed by atoms with Crippen molar-refractivity contribution < 1.29 is 23.9 Å². The van der Waals surface area contributed by atoms with Crippen LogP contribution in [0.3, 0.4) is 0 Å². The summed E-state index contributed by atoms with van der Waals surface area (Å²) in [5.74, 6) is -0.778. The molecule has 0 radical (unpaired) electrons. The number of thiophene rings is 1. The summed E-state index contributed by atoms with van der Waals surface area (Å²) in [4.78, 5) is 39.4. The van der Waals surface area contributed by atoms with Crippen molar-refractivity contribution in [2.75, 3.05) is 18.5 Å². The molecule has 1 aromatic heterocycles. The Hall–Kier alpha value is -2.87. The number of nitrogens with zero attached hydrogens (tertiary/aromatic N) is 1. The number of hydrogen-bond acceptors (Lipinski definition) is 6. The molecule has 1 aromatic carbocycles. The summed E-state index contributed by atoms with van der Waals surface area (Å²) >= 11 is 1.70. The van der Waals surface area contributed by atoms with Gasteiger partial charge in [-0.05, 0) is 35.6 Å². The number of fused-ring (bicyclic) bond motifs is 2. The van der Waals surface area contributed by atoms with Gasteiger partial charge in [-0.25, -0.2) is 0 Å². The maximum absolute atomic E-state index is 12.3. The molecule has 1 unspecified atom stereocenters. The van der Waals surface area contributed by atoms with Gasteiger partial charge in [-0.3, -0.25) is 14.4 Å². The van der Waals surface area contributed by atoms with Crippen molar-refractivity contribution in [3.05, 3.63) is 46.2 Å². The van der Waals surface area contributed by atoms with E-state index in [4.69, 9.17) is 9.47 Å². The number of amides is 2. The highest BCUT2D eigenvalue weighted by molar-refractivity contribution is 7.10. The normalized spacial score (nSPS) is 18.0. The molecule has 7 nitrogen and oxygen atoms in total. The molecular formula is C19H18N2O5S. The van der Waals surface area contributed by atoms with Crippen LogP contribution in [0.5, 0.6) is 5.75 Å². The second kappa shape index (κ2) is 7.40. The first-order chi connectivity index (χ1) is 13.1. The zero-order chi connectivity index (χ0) is 18.8. The van der Waals surface area contributed by atoms with Crippen molar-refractivity contribution in [2.45, 2.75) is 25.5 Å². The minimum Gasteiger partial charge on any atom is -0.478 e. The van der Waals surface area contributed by atoms with Gasteiger partial charge in [0.25, 0.3) is 11.8 Å². The van der Waals surface area contributed by atoms with E-state index in [-0.39, 0.29) is 18.9 Å². The third kappa shape index (κ3) is 3.80. The Labute approximate surface area is 159 Å². The van der Waals surface area contributed by atoms with Crippen LogP contribution in [-0.2, 0) is 32.1 Å². The molecule has 8 heteroatoms. The number of para-hydroxylation sites is 2. The third-order valence-corrected chi connectivity index (χ3v) is 5.60. The zero-order valence-electron chi connectivity index (χ0n) is 14.5. The fourth-order valence-corrected chi connectivity index (χ4v) is 4.02. The molecule has 1 atom stereocenters. The highest BCUT2D eigenvalue weighted by Gasteiger charge is 2.30. The molecule has 3 heterocycles. The molecule has 140 valence electrons. The first-order valence-electron chi connectivity index (χ1n) is 8.65. The largest absolute Gasteiger partial charge is 0.478 e.